The highest BCUT2D eigenvalue weighted by atomic mass is 19.1. The second kappa shape index (κ2) is 7.64. The molecule has 1 aromatic heterocycles. The van der Waals surface area contributed by atoms with Crippen LogP contribution in [0.2, 0.25) is 0 Å². The van der Waals surface area contributed by atoms with Gasteiger partial charge < -0.3 is 19.0 Å². The lowest BCUT2D eigenvalue weighted by molar-refractivity contribution is -0.917. The summed E-state index contributed by atoms with van der Waals surface area (Å²) in [5.74, 6) is 0.510. The number of benzene rings is 2. The number of nitrogens with one attached hydrogen (secondary N) is 1. The summed E-state index contributed by atoms with van der Waals surface area (Å²) in [5, 5.41) is 0.659. The summed E-state index contributed by atoms with van der Waals surface area (Å²) < 4.78 is 24.8. The molecule has 0 spiro atoms. The van der Waals surface area contributed by atoms with Crippen LogP contribution in [0.1, 0.15) is 21.7 Å². The monoisotopic (exact) mass is 383 g/mol. The summed E-state index contributed by atoms with van der Waals surface area (Å²) in [5.41, 5.74) is 2.11. The highest BCUT2D eigenvalue weighted by molar-refractivity contribution is 5.99. The standard InChI is InChI=1S/C22H23FN2O3/c1-15-18-4-3-5-19(23)21(18)28-20(15)22(26)25-12-10-24(11-13-25)14-16-6-8-17(27-2)9-7-16/h3-9H,10-14H2,1-2H3/p+1. The fraction of sp³-hybridized carbons (Fsp3) is 0.318. The van der Waals surface area contributed by atoms with Crippen molar-refractivity contribution >= 4 is 16.9 Å². The summed E-state index contributed by atoms with van der Waals surface area (Å²) in [6.45, 7) is 5.77. The number of para-hydroxylation sites is 1. The van der Waals surface area contributed by atoms with Crippen molar-refractivity contribution in [3.8, 4) is 5.75 Å². The molecule has 0 bridgehead atoms. The second-order valence-corrected chi connectivity index (χ2v) is 7.24. The van der Waals surface area contributed by atoms with Crippen LogP contribution in [0.25, 0.3) is 11.0 Å². The van der Waals surface area contributed by atoms with Crippen molar-refractivity contribution < 1.29 is 23.2 Å². The molecular formula is C22H24FN2O3+. The number of amides is 1. The number of hydrogen-bond donors (Lipinski definition) is 1. The number of furan rings is 1. The Labute approximate surface area is 163 Å². The normalized spacial score (nSPS) is 15.2. The minimum Gasteiger partial charge on any atom is -0.497 e. The molecule has 1 aliphatic rings. The third kappa shape index (κ3) is 3.47. The van der Waals surface area contributed by atoms with Crippen molar-refractivity contribution in [2.24, 2.45) is 0 Å². The predicted molar refractivity (Wildman–Crippen MR) is 104 cm³/mol. The number of hydrogen-bond acceptors (Lipinski definition) is 3. The number of piperazine rings is 1. The van der Waals surface area contributed by atoms with Crippen molar-refractivity contribution in [1.82, 2.24) is 4.90 Å². The number of carbonyl (C=O) groups excluding carboxylic acids is 1. The van der Waals surface area contributed by atoms with E-state index in [9.17, 15) is 9.18 Å². The SMILES string of the molecule is COc1ccc(C[NH+]2CCN(C(=O)c3oc4c(F)cccc4c3C)CC2)cc1. The first-order valence-corrected chi connectivity index (χ1v) is 9.50. The second-order valence-electron chi connectivity index (χ2n) is 7.24. The number of rotatable bonds is 4. The van der Waals surface area contributed by atoms with Crippen LogP contribution in [0.4, 0.5) is 4.39 Å². The Bertz CT molecular complexity index is 989. The van der Waals surface area contributed by atoms with E-state index in [2.05, 4.69) is 12.1 Å². The largest absolute Gasteiger partial charge is 0.497 e. The zero-order chi connectivity index (χ0) is 19.7. The molecule has 2 aromatic carbocycles. The zero-order valence-electron chi connectivity index (χ0n) is 16.1. The van der Waals surface area contributed by atoms with E-state index >= 15 is 0 Å². The van der Waals surface area contributed by atoms with Crippen LogP contribution >= 0.6 is 0 Å². The molecule has 1 N–H and O–H groups in total. The van der Waals surface area contributed by atoms with Crippen LogP contribution in [-0.2, 0) is 6.54 Å². The Morgan fingerprint density at radius 2 is 1.89 bits per heavy atom. The first kappa shape index (κ1) is 18.5. The first-order chi connectivity index (χ1) is 13.6. The predicted octanol–water partition coefficient (Wildman–Crippen LogP) is 2.43. The molecule has 4 rings (SSSR count). The van der Waals surface area contributed by atoms with E-state index < -0.39 is 5.82 Å². The van der Waals surface area contributed by atoms with E-state index in [0.29, 0.717) is 24.0 Å². The fourth-order valence-corrected chi connectivity index (χ4v) is 3.79. The molecular weight excluding hydrogens is 359 g/mol. The van der Waals surface area contributed by atoms with Gasteiger partial charge in [0.1, 0.15) is 12.3 Å². The number of halogens is 1. The van der Waals surface area contributed by atoms with Gasteiger partial charge in [-0.15, -0.1) is 0 Å². The maximum Gasteiger partial charge on any atom is 0.290 e. The highest BCUT2D eigenvalue weighted by Gasteiger charge is 2.28. The molecule has 5 nitrogen and oxygen atoms in total. The number of carbonyl (C=O) groups is 1. The van der Waals surface area contributed by atoms with Gasteiger partial charge in [-0.05, 0) is 37.3 Å². The van der Waals surface area contributed by atoms with Gasteiger partial charge in [0.15, 0.2) is 17.2 Å². The Morgan fingerprint density at radius 3 is 2.54 bits per heavy atom. The maximum absolute atomic E-state index is 14.0. The summed E-state index contributed by atoms with van der Waals surface area (Å²) in [4.78, 5) is 16.2. The Morgan fingerprint density at radius 1 is 1.18 bits per heavy atom. The Hall–Kier alpha value is -2.86. The van der Waals surface area contributed by atoms with Crippen LogP contribution in [-0.4, -0.2) is 44.1 Å². The minimum atomic E-state index is -0.437. The number of quaternary nitrogens is 1. The number of fused-ring (bicyclic) bond motifs is 1. The van der Waals surface area contributed by atoms with E-state index in [1.807, 2.05) is 19.1 Å². The van der Waals surface area contributed by atoms with Crippen LogP contribution in [0.5, 0.6) is 5.75 Å². The number of nitrogens with zero attached hydrogens (tertiary/aromatic N) is 1. The molecule has 0 atom stereocenters. The van der Waals surface area contributed by atoms with Crippen LogP contribution in [0.15, 0.2) is 46.9 Å². The molecule has 1 amide bonds. The van der Waals surface area contributed by atoms with E-state index in [0.717, 1.165) is 25.4 Å². The van der Waals surface area contributed by atoms with Gasteiger partial charge in [0.05, 0.1) is 33.3 Å². The van der Waals surface area contributed by atoms with Gasteiger partial charge in [0, 0.05) is 16.5 Å². The summed E-state index contributed by atoms with van der Waals surface area (Å²) in [7, 11) is 1.66. The van der Waals surface area contributed by atoms with E-state index in [1.165, 1.54) is 16.5 Å². The van der Waals surface area contributed by atoms with Gasteiger partial charge in [0.25, 0.3) is 5.91 Å². The van der Waals surface area contributed by atoms with E-state index in [-0.39, 0.29) is 17.3 Å². The average molecular weight is 383 g/mol. The molecule has 1 fully saturated rings. The summed E-state index contributed by atoms with van der Waals surface area (Å²) >= 11 is 0. The van der Waals surface area contributed by atoms with Gasteiger partial charge in [-0.1, -0.05) is 12.1 Å². The zero-order valence-corrected chi connectivity index (χ0v) is 16.1. The first-order valence-electron chi connectivity index (χ1n) is 9.50. The van der Waals surface area contributed by atoms with E-state index in [4.69, 9.17) is 9.15 Å². The molecule has 6 heteroatoms. The van der Waals surface area contributed by atoms with Gasteiger partial charge in [0.2, 0.25) is 0 Å². The molecule has 0 aliphatic carbocycles. The highest BCUT2D eigenvalue weighted by Crippen LogP contribution is 2.28. The maximum atomic E-state index is 14.0. The minimum absolute atomic E-state index is 0.156. The van der Waals surface area contributed by atoms with Crippen LogP contribution in [0.3, 0.4) is 0 Å². The van der Waals surface area contributed by atoms with Gasteiger partial charge in [-0.2, -0.15) is 0 Å². The van der Waals surface area contributed by atoms with Crippen molar-refractivity contribution in [3.63, 3.8) is 0 Å². The molecule has 0 saturated carbocycles. The molecule has 2 heterocycles. The van der Waals surface area contributed by atoms with Crippen molar-refractivity contribution in [1.29, 1.82) is 0 Å². The van der Waals surface area contributed by atoms with Crippen LogP contribution in [0, 0.1) is 12.7 Å². The number of methoxy groups -OCH3 is 1. The molecule has 0 radical (unpaired) electrons. The summed E-state index contributed by atoms with van der Waals surface area (Å²) in [6.07, 6.45) is 0. The topological polar surface area (TPSA) is 47.1 Å². The molecule has 0 unspecified atom stereocenters. The third-order valence-corrected chi connectivity index (χ3v) is 5.48. The molecule has 146 valence electrons. The molecule has 28 heavy (non-hydrogen) atoms. The average Bonchev–Trinajstić information content (AvgIpc) is 3.07. The molecule has 3 aromatic rings. The van der Waals surface area contributed by atoms with E-state index in [1.54, 1.807) is 24.1 Å². The summed E-state index contributed by atoms with van der Waals surface area (Å²) in [6, 6.07) is 12.9. The lowest BCUT2D eigenvalue weighted by atomic mass is 10.1. The lowest BCUT2D eigenvalue weighted by Crippen LogP contribution is -3.13. The quantitative estimate of drug-likeness (QED) is 0.753. The van der Waals surface area contributed by atoms with Crippen molar-refractivity contribution in [3.05, 3.63) is 65.2 Å². The molecule has 1 saturated heterocycles. The third-order valence-electron chi connectivity index (χ3n) is 5.48. The Kier molecular flexibility index (Phi) is 5.05. The molecule has 1 aliphatic heterocycles. The van der Waals surface area contributed by atoms with Crippen molar-refractivity contribution in [2.75, 3.05) is 33.3 Å². The fourth-order valence-electron chi connectivity index (χ4n) is 3.79. The van der Waals surface area contributed by atoms with Crippen LogP contribution < -0.4 is 9.64 Å². The van der Waals surface area contributed by atoms with Crippen molar-refractivity contribution in [2.45, 2.75) is 13.5 Å². The lowest BCUT2D eigenvalue weighted by Gasteiger charge is -2.32. The number of ether oxygens (including phenoxy) is 1. The van der Waals surface area contributed by atoms with Gasteiger partial charge >= 0.3 is 0 Å². The smallest absolute Gasteiger partial charge is 0.290 e. The van der Waals surface area contributed by atoms with Gasteiger partial charge in [-0.3, -0.25) is 4.79 Å². The van der Waals surface area contributed by atoms with Gasteiger partial charge in [-0.25, -0.2) is 4.39 Å². The Balaban J connectivity index is 1.41. The number of aryl methyl sites for hydroxylation is 1.